The number of carbonyl (C=O) groups is 2. The Balaban J connectivity index is 2.06. The Morgan fingerprint density at radius 2 is 2.30 bits per heavy atom. The first-order valence-electron chi connectivity index (χ1n) is 7.77. The van der Waals surface area contributed by atoms with E-state index in [0.29, 0.717) is 13.2 Å². The summed E-state index contributed by atoms with van der Waals surface area (Å²) in [6.45, 7) is 6.43. The molecule has 6 nitrogen and oxygen atoms in total. The molecular formula is C17H23N3O3. The lowest BCUT2D eigenvalue weighted by Gasteiger charge is -2.30. The Kier molecular flexibility index (Phi) is 5.87. The number of nitrogens with zero attached hydrogens (tertiary/aromatic N) is 3. The van der Waals surface area contributed by atoms with Crippen LogP contribution < -0.4 is 0 Å². The van der Waals surface area contributed by atoms with E-state index in [4.69, 9.17) is 4.74 Å². The van der Waals surface area contributed by atoms with Gasteiger partial charge in [0, 0.05) is 38.2 Å². The van der Waals surface area contributed by atoms with Gasteiger partial charge in [-0.3, -0.25) is 14.6 Å². The van der Waals surface area contributed by atoms with Crippen molar-refractivity contribution >= 4 is 11.8 Å². The van der Waals surface area contributed by atoms with Crippen molar-refractivity contribution in [2.45, 2.75) is 25.5 Å². The highest BCUT2D eigenvalue weighted by atomic mass is 16.5. The van der Waals surface area contributed by atoms with Gasteiger partial charge in [0.05, 0.1) is 12.6 Å². The predicted octanol–water partition coefficient (Wildman–Crippen LogP) is 1.40. The summed E-state index contributed by atoms with van der Waals surface area (Å²) in [6.07, 6.45) is 5.29. The SMILES string of the molecule is C=CC(=O)N(CC)CC(=O)N(C)[C@H]1CCO[C@@H]1c1cccnc1. The van der Waals surface area contributed by atoms with E-state index < -0.39 is 0 Å². The first kappa shape index (κ1) is 17.1. The molecule has 1 aliphatic heterocycles. The lowest BCUT2D eigenvalue weighted by atomic mass is 10.0. The second-order valence-electron chi connectivity index (χ2n) is 5.49. The minimum absolute atomic E-state index is 0.0497. The molecule has 0 spiro atoms. The van der Waals surface area contributed by atoms with Crippen LogP contribution in [0.15, 0.2) is 37.2 Å². The lowest BCUT2D eigenvalue weighted by Crippen LogP contribution is -2.45. The molecule has 2 heterocycles. The van der Waals surface area contributed by atoms with Crippen LogP contribution in [0.5, 0.6) is 0 Å². The molecule has 2 rings (SSSR count). The number of amides is 2. The minimum atomic E-state index is -0.235. The summed E-state index contributed by atoms with van der Waals surface area (Å²) in [5.41, 5.74) is 0.962. The third-order valence-electron chi connectivity index (χ3n) is 4.16. The average molecular weight is 317 g/mol. The highest BCUT2D eigenvalue weighted by Crippen LogP contribution is 2.31. The van der Waals surface area contributed by atoms with E-state index in [1.807, 2.05) is 19.1 Å². The number of ether oxygens (including phenoxy) is 1. The summed E-state index contributed by atoms with van der Waals surface area (Å²) in [5, 5.41) is 0. The molecule has 0 N–H and O–H groups in total. The summed E-state index contributed by atoms with van der Waals surface area (Å²) in [4.78, 5) is 31.5. The van der Waals surface area contributed by atoms with Crippen molar-refractivity contribution in [1.29, 1.82) is 0 Å². The van der Waals surface area contributed by atoms with Crippen molar-refractivity contribution in [2.75, 3.05) is 26.7 Å². The molecule has 0 bridgehead atoms. The number of hydrogen-bond donors (Lipinski definition) is 0. The molecule has 0 saturated carbocycles. The van der Waals surface area contributed by atoms with Gasteiger partial charge in [-0.15, -0.1) is 0 Å². The molecule has 0 radical (unpaired) electrons. The zero-order valence-electron chi connectivity index (χ0n) is 13.6. The number of likely N-dealkylation sites (N-methyl/N-ethyl adjacent to an activating group) is 2. The van der Waals surface area contributed by atoms with Crippen LogP contribution in [0.25, 0.3) is 0 Å². The Hall–Kier alpha value is -2.21. The summed E-state index contributed by atoms with van der Waals surface area (Å²) in [5.74, 6) is -0.341. The quantitative estimate of drug-likeness (QED) is 0.744. The molecule has 1 aromatic rings. The standard InChI is InChI=1S/C17H23N3O3/c1-4-15(21)20(5-2)12-16(22)19(3)14-8-10-23-17(14)13-7-6-9-18-11-13/h4,6-7,9,11,14,17H,1,5,8,10,12H2,2-3H3/t14-,17+/m0/s1. The van der Waals surface area contributed by atoms with Crippen LogP contribution in [0.4, 0.5) is 0 Å². The third kappa shape index (κ3) is 3.96. The van der Waals surface area contributed by atoms with Crippen LogP contribution in [0, 0.1) is 0 Å². The number of aromatic nitrogens is 1. The smallest absolute Gasteiger partial charge is 0.246 e. The average Bonchev–Trinajstić information content (AvgIpc) is 3.08. The van der Waals surface area contributed by atoms with Crippen LogP contribution >= 0.6 is 0 Å². The molecular weight excluding hydrogens is 294 g/mol. The summed E-state index contributed by atoms with van der Waals surface area (Å²) in [6, 6.07) is 3.76. The highest BCUT2D eigenvalue weighted by Gasteiger charge is 2.35. The maximum Gasteiger partial charge on any atom is 0.246 e. The van der Waals surface area contributed by atoms with Gasteiger partial charge in [0.1, 0.15) is 6.10 Å². The van der Waals surface area contributed by atoms with Crippen molar-refractivity contribution in [3.8, 4) is 0 Å². The minimum Gasteiger partial charge on any atom is -0.371 e. The summed E-state index contributed by atoms with van der Waals surface area (Å²) >= 11 is 0. The molecule has 1 fully saturated rings. The van der Waals surface area contributed by atoms with Crippen molar-refractivity contribution in [2.24, 2.45) is 0 Å². The largest absolute Gasteiger partial charge is 0.371 e. The predicted molar refractivity (Wildman–Crippen MR) is 86.6 cm³/mol. The molecule has 23 heavy (non-hydrogen) atoms. The summed E-state index contributed by atoms with van der Waals surface area (Å²) < 4.78 is 5.79. The zero-order chi connectivity index (χ0) is 16.8. The van der Waals surface area contributed by atoms with Gasteiger partial charge >= 0.3 is 0 Å². The molecule has 0 unspecified atom stereocenters. The van der Waals surface area contributed by atoms with Crippen LogP contribution in [0.3, 0.4) is 0 Å². The van der Waals surface area contributed by atoms with Crippen LogP contribution in [0.1, 0.15) is 25.0 Å². The van der Waals surface area contributed by atoms with E-state index in [9.17, 15) is 9.59 Å². The van der Waals surface area contributed by atoms with E-state index in [-0.39, 0.29) is 30.5 Å². The van der Waals surface area contributed by atoms with Crippen molar-refractivity contribution in [3.05, 3.63) is 42.7 Å². The Bertz CT molecular complexity index is 561. The molecule has 1 aliphatic rings. The van der Waals surface area contributed by atoms with E-state index >= 15 is 0 Å². The Morgan fingerprint density at radius 3 is 2.91 bits per heavy atom. The first-order valence-corrected chi connectivity index (χ1v) is 7.77. The highest BCUT2D eigenvalue weighted by molar-refractivity contribution is 5.90. The molecule has 0 aromatic carbocycles. The van der Waals surface area contributed by atoms with E-state index in [0.717, 1.165) is 12.0 Å². The van der Waals surface area contributed by atoms with E-state index in [1.54, 1.807) is 24.3 Å². The molecule has 2 amide bonds. The molecule has 1 aromatic heterocycles. The summed E-state index contributed by atoms with van der Waals surface area (Å²) in [7, 11) is 1.76. The van der Waals surface area contributed by atoms with Gasteiger partial charge in [0.2, 0.25) is 11.8 Å². The van der Waals surface area contributed by atoms with Crippen molar-refractivity contribution < 1.29 is 14.3 Å². The van der Waals surface area contributed by atoms with E-state index in [1.165, 1.54) is 11.0 Å². The fourth-order valence-electron chi connectivity index (χ4n) is 2.77. The Morgan fingerprint density at radius 1 is 1.52 bits per heavy atom. The monoisotopic (exact) mass is 317 g/mol. The number of hydrogen-bond acceptors (Lipinski definition) is 4. The van der Waals surface area contributed by atoms with Crippen molar-refractivity contribution in [3.63, 3.8) is 0 Å². The van der Waals surface area contributed by atoms with Crippen LogP contribution in [-0.4, -0.2) is 59.4 Å². The van der Waals surface area contributed by atoms with Crippen molar-refractivity contribution in [1.82, 2.24) is 14.8 Å². The van der Waals surface area contributed by atoms with Gasteiger partial charge in [-0.1, -0.05) is 12.6 Å². The zero-order valence-corrected chi connectivity index (χ0v) is 13.6. The van der Waals surface area contributed by atoms with Gasteiger partial charge in [-0.2, -0.15) is 0 Å². The number of carbonyl (C=O) groups excluding carboxylic acids is 2. The van der Waals surface area contributed by atoms with Gasteiger partial charge < -0.3 is 14.5 Å². The molecule has 1 saturated heterocycles. The molecule has 6 heteroatoms. The number of pyridine rings is 1. The second kappa shape index (κ2) is 7.87. The topological polar surface area (TPSA) is 62.7 Å². The fraction of sp³-hybridized carbons (Fsp3) is 0.471. The van der Waals surface area contributed by atoms with Gasteiger partial charge in [0.15, 0.2) is 0 Å². The van der Waals surface area contributed by atoms with Gasteiger partial charge in [-0.05, 0) is 25.5 Å². The van der Waals surface area contributed by atoms with Crippen LogP contribution in [-0.2, 0) is 14.3 Å². The molecule has 0 aliphatic carbocycles. The molecule has 2 atom stereocenters. The van der Waals surface area contributed by atoms with Gasteiger partial charge in [0.25, 0.3) is 0 Å². The maximum atomic E-state index is 12.5. The maximum absolute atomic E-state index is 12.5. The van der Waals surface area contributed by atoms with Gasteiger partial charge in [-0.25, -0.2) is 0 Å². The number of rotatable bonds is 6. The van der Waals surface area contributed by atoms with E-state index in [2.05, 4.69) is 11.6 Å². The Labute approximate surface area is 136 Å². The molecule has 124 valence electrons. The van der Waals surface area contributed by atoms with Crippen LogP contribution in [0.2, 0.25) is 0 Å². The third-order valence-corrected chi connectivity index (χ3v) is 4.16. The second-order valence-corrected chi connectivity index (χ2v) is 5.49. The fourth-order valence-corrected chi connectivity index (χ4v) is 2.77. The lowest BCUT2D eigenvalue weighted by molar-refractivity contribution is -0.139. The normalized spacial score (nSPS) is 20.1. The first-order chi connectivity index (χ1) is 11.1.